The Morgan fingerprint density at radius 3 is 2.89 bits per heavy atom. The Morgan fingerprint density at radius 1 is 1.21 bits per heavy atom. The molecule has 2 heterocycles. The van der Waals surface area contributed by atoms with Crippen LogP contribution in [0.3, 0.4) is 0 Å². The Kier molecular flexibility index (Phi) is 5.05. The quantitative estimate of drug-likeness (QED) is 0.715. The van der Waals surface area contributed by atoms with Gasteiger partial charge in [-0.3, -0.25) is 10.1 Å². The summed E-state index contributed by atoms with van der Waals surface area (Å²) in [6.07, 6.45) is 3.40. The molecule has 28 heavy (non-hydrogen) atoms. The van der Waals surface area contributed by atoms with Gasteiger partial charge in [-0.05, 0) is 24.6 Å². The third-order valence-corrected chi connectivity index (χ3v) is 4.25. The number of carbonyl (C=O) groups excluding carboxylic acids is 1. The van der Waals surface area contributed by atoms with Crippen LogP contribution >= 0.6 is 0 Å². The highest BCUT2D eigenvalue weighted by Crippen LogP contribution is 2.35. The molecule has 4 rings (SSSR count). The molecule has 1 amide bonds. The lowest BCUT2D eigenvalue weighted by Crippen LogP contribution is -2.22. The number of carbonyl (C=O) groups is 1. The molecule has 7 heteroatoms. The van der Waals surface area contributed by atoms with Crippen molar-refractivity contribution in [3.8, 4) is 11.5 Å². The molecule has 1 aromatic heterocycles. The van der Waals surface area contributed by atoms with Crippen LogP contribution in [-0.2, 0) is 11.3 Å². The fraction of sp³-hybridized carbons (Fsp3) is 0.190. The Labute approximate surface area is 162 Å². The van der Waals surface area contributed by atoms with Crippen LogP contribution < -0.4 is 14.8 Å². The molecule has 0 unspecified atom stereocenters. The number of ether oxygens (including phenoxy) is 2. The van der Waals surface area contributed by atoms with E-state index in [1.807, 2.05) is 55.5 Å². The minimum absolute atomic E-state index is 0.160. The van der Waals surface area contributed by atoms with E-state index in [2.05, 4.69) is 15.4 Å². The summed E-state index contributed by atoms with van der Waals surface area (Å²) in [5.74, 6) is 1.31. The lowest BCUT2D eigenvalue weighted by molar-refractivity contribution is -0.113. The SMILES string of the molecule is CCOc1cccc2c1OCC(C(=O)Nc1ncn(Cc3ccccc3)n1)=C2. The molecule has 7 nitrogen and oxygen atoms in total. The molecule has 142 valence electrons. The first kappa shape index (κ1) is 17.8. The standard InChI is InChI=1S/C21H20N4O3/c1-2-27-18-10-6-9-16-11-17(13-28-19(16)18)20(26)23-21-22-14-25(24-21)12-15-7-4-3-5-8-15/h3-11,14H,2,12-13H2,1H3,(H,23,24,26). The molecule has 1 aliphatic heterocycles. The predicted octanol–water partition coefficient (Wildman–Crippen LogP) is 3.14. The van der Waals surface area contributed by atoms with E-state index in [0.717, 1.165) is 11.1 Å². The third-order valence-electron chi connectivity index (χ3n) is 4.25. The van der Waals surface area contributed by atoms with Gasteiger partial charge in [-0.1, -0.05) is 42.5 Å². The molecule has 0 fully saturated rings. The number of anilines is 1. The zero-order valence-corrected chi connectivity index (χ0v) is 15.5. The second kappa shape index (κ2) is 7.96. The Bertz CT molecular complexity index is 1010. The minimum atomic E-state index is -0.287. The van der Waals surface area contributed by atoms with Gasteiger partial charge >= 0.3 is 0 Å². The summed E-state index contributed by atoms with van der Waals surface area (Å²) in [4.78, 5) is 16.7. The van der Waals surface area contributed by atoms with Crippen molar-refractivity contribution in [2.45, 2.75) is 13.5 Å². The van der Waals surface area contributed by atoms with Crippen molar-refractivity contribution in [1.82, 2.24) is 14.8 Å². The number of hydrogen-bond acceptors (Lipinski definition) is 5. The van der Waals surface area contributed by atoms with Gasteiger partial charge in [0.05, 0.1) is 18.7 Å². The van der Waals surface area contributed by atoms with Crippen LogP contribution in [0.4, 0.5) is 5.95 Å². The molecule has 0 atom stereocenters. The maximum absolute atomic E-state index is 12.6. The number of amides is 1. The van der Waals surface area contributed by atoms with Gasteiger partial charge in [0.2, 0.25) is 5.95 Å². The molecule has 0 aliphatic carbocycles. The summed E-state index contributed by atoms with van der Waals surface area (Å²) in [6.45, 7) is 3.21. The van der Waals surface area contributed by atoms with Crippen LogP contribution in [-0.4, -0.2) is 33.9 Å². The molecule has 1 aliphatic rings. The Hall–Kier alpha value is -3.61. The maximum atomic E-state index is 12.6. The number of benzene rings is 2. The van der Waals surface area contributed by atoms with E-state index in [1.165, 1.54) is 0 Å². The predicted molar refractivity (Wildman–Crippen MR) is 105 cm³/mol. The van der Waals surface area contributed by atoms with Crippen molar-refractivity contribution in [2.24, 2.45) is 0 Å². The number of para-hydroxylation sites is 1. The van der Waals surface area contributed by atoms with E-state index >= 15 is 0 Å². The summed E-state index contributed by atoms with van der Waals surface area (Å²) in [7, 11) is 0. The summed E-state index contributed by atoms with van der Waals surface area (Å²) < 4.78 is 13.0. The van der Waals surface area contributed by atoms with Crippen molar-refractivity contribution >= 4 is 17.9 Å². The topological polar surface area (TPSA) is 78.3 Å². The molecule has 2 aromatic carbocycles. The molecule has 0 spiro atoms. The van der Waals surface area contributed by atoms with E-state index < -0.39 is 0 Å². The van der Waals surface area contributed by atoms with Gasteiger partial charge in [0.25, 0.3) is 5.91 Å². The highest BCUT2D eigenvalue weighted by Gasteiger charge is 2.21. The van der Waals surface area contributed by atoms with Crippen LogP contribution in [0, 0.1) is 0 Å². The number of hydrogen-bond donors (Lipinski definition) is 1. The van der Waals surface area contributed by atoms with E-state index in [1.54, 1.807) is 17.1 Å². The van der Waals surface area contributed by atoms with Gasteiger partial charge in [-0.25, -0.2) is 9.67 Å². The highest BCUT2D eigenvalue weighted by atomic mass is 16.5. The number of fused-ring (bicyclic) bond motifs is 1. The first-order valence-electron chi connectivity index (χ1n) is 9.07. The molecular weight excluding hydrogens is 356 g/mol. The van der Waals surface area contributed by atoms with Gasteiger partial charge in [0, 0.05) is 5.56 Å². The first-order chi connectivity index (χ1) is 13.7. The fourth-order valence-corrected chi connectivity index (χ4v) is 2.96. The summed E-state index contributed by atoms with van der Waals surface area (Å²) in [5, 5.41) is 7.04. The van der Waals surface area contributed by atoms with Crippen molar-refractivity contribution in [1.29, 1.82) is 0 Å². The largest absolute Gasteiger partial charge is 0.490 e. The minimum Gasteiger partial charge on any atom is -0.490 e. The average molecular weight is 376 g/mol. The van der Waals surface area contributed by atoms with Crippen LogP contribution in [0.2, 0.25) is 0 Å². The van der Waals surface area contributed by atoms with Gasteiger partial charge in [0.15, 0.2) is 11.5 Å². The molecule has 1 N–H and O–H groups in total. The van der Waals surface area contributed by atoms with Crippen molar-refractivity contribution in [2.75, 3.05) is 18.5 Å². The zero-order valence-electron chi connectivity index (χ0n) is 15.5. The normalized spacial score (nSPS) is 12.5. The number of aromatic nitrogens is 3. The van der Waals surface area contributed by atoms with Crippen LogP contribution in [0.5, 0.6) is 11.5 Å². The average Bonchev–Trinajstić information content (AvgIpc) is 3.15. The van der Waals surface area contributed by atoms with E-state index in [-0.39, 0.29) is 18.5 Å². The smallest absolute Gasteiger partial charge is 0.257 e. The van der Waals surface area contributed by atoms with Gasteiger partial charge in [0.1, 0.15) is 12.9 Å². The van der Waals surface area contributed by atoms with Crippen LogP contribution in [0.25, 0.3) is 6.08 Å². The number of rotatable bonds is 6. The van der Waals surface area contributed by atoms with Gasteiger partial charge in [-0.15, -0.1) is 5.10 Å². The lowest BCUT2D eigenvalue weighted by Gasteiger charge is -2.19. The summed E-state index contributed by atoms with van der Waals surface area (Å²) in [5.41, 5.74) is 2.42. The van der Waals surface area contributed by atoms with E-state index in [0.29, 0.717) is 30.2 Å². The van der Waals surface area contributed by atoms with Crippen molar-refractivity contribution in [3.63, 3.8) is 0 Å². The number of nitrogens with one attached hydrogen (secondary N) is 1. The Morgan fingerprint density at radius 2 is 2.07 bits per heavy atom. The lowest BCUT2D eigenvalue weighted by atomic mass is 10.1. The van der Waals surface area contributed by atoms with E-state index in [4.69, 9.17) is 9.47 Å². The second-order valence-corrected chi connectivity index (χ2v) is 6.27. The van der Waals surface area contributed by atoms with E-state index in [9.17, 15) is 4.79 Å². The maximum Gasteiger partial charge on any atom is 0.257 e. The molecule has 0 radical (unpaired) electrons. The molecule has 0 saturated carbocycles. The number of nitrogens with zero attached hydrogens (tertiary/aromatic N) is 3. The van der Waals surface area contributed by atoms with Crippen molar-refractivity contribution in [3.05, 3.63) is 71.6 Å². The fourth-order valence-electron chi connectivity index (χ4n) is 2.96. The second-order valence-electron chi connectivity index (χ2n) is 6.27. The van der Waals surface area contributed by atoms with Crippen molar-refractivity contribution < 1.29 is 14.3 Å². The third kappa shape index (κ3) is 3.88. The first-order valence-corrected chi connectivity index (χ1v) is 9.07. The zero-order chi connectivity index (χ0) is 19.3. The molecule has 3 aromatic rings. The Balaban J connectivity index is 1.45. The molecular formula is C21H20N4O3. The van der Waals surface area contributed by atoms with Gasteiger partial charge < -0.3 is 9.47 Å². The molecule has 0 saturated heterocycles. The summed E-state index contributed by atoms with van der Waals surface area (Å²) >= 11 is 0. The highest BCUT2D eigenvalue weighted by molar-refractivity contribution is 6.06. The van der Waals surface area contributed by atoms with Crippen LogP contribution in [0.1, 0.15) is 18.1 Å². The monoisotopic (exact) mass is 376 g/mol. The van der Waals surface area contributed by atoms with Crippen LogP contribution in [0.15, 0.2) is 60.4 Å². The van der Waals surface area contributed by atoms with Gasteiger partial charge in [-0.2, -0.15) is 0 Å². The summed E-state index contributed by atoms with van der Waals surface area (Å²) in [6, 6.07) is 15.5. The molecule has 0 bridgehead atoms.